The number of aromatic nitrogens is 1. The highest BCUT2D eigenvalue weighted by molar-refractivity contribution is 5.97. The average molecular weight is 253 g/mol. The van der Waals surface area contributed by atoms with Gasteiger partial charge in [-0.1, -0.05) is 25.1 Å². The molecule has 1 heterocycles. The van der Waals surface area contributed by atoms with Gasteiger partial charge >= 0.3 is 0 Å². The van der Waals surface area contributed by atoms with Crippen LogP contribution in [0.5, 0.6) is 0 Å². The zero-order valence-corrected chi connectivity index (χ0v) is 11.2. The Kier molecular flexibility index (Phi) is 2.36. The molecule has 0 amide bonds. The molecule has 0 saturated heterocycles. The van der Waals surface area contributed by atoms with E-state index in [1.165, 1.54) is 27.6 Å². The minimum absolute atomic E-state index is 0.274. The molecule has 98 valence electrons. The molecule has 19 heavy (non-hydrogen) atoms. The lowest BCUT2D eigenvalue weighted by Gasteiger charge is -2.37. The molecular weight excluding hydrogens is 234 g/mol. The number of nitrogens with one attached hydrogen (secondary N) is 1. The molecule has 0 aliphatic heterocycles. The second kappa shape index (κ2) is 3.97. The number of benzene rings is 1. The lowest BCUT2D eigenvalue weighted by atomic mass is 9.68. The van der Waals surface area contributed by atoms with Crippen LogP contribution in [0.1, 0.15) is 24.5 Å². The van der Waals surface area contributed by atoms with E-state index in [0.29, 0.717) is 17.8 Å². The van der Waals surface area contributed by atoms with Crippen LogP contribution >= 0.6 is 0 Å². The minimum Gasteiger partial charge on any atom is -0.396 e. The van der Waals surface area contributed by atoms with Crippen molar-refractivity contribution in [3.63, 3.8) is 0 Å². The number of rotatable bonds is 1. The van der Waals surface area contributed by atoms with Crippen LogP contribution in [0, 0.1) is 17.8 Å². The van der Waals surface area contributed by atoms with E-state index in [-0.39, 0.29) is 6.61 Å². The van der Waals surface area contributed by atoms with Gasteiger partial charge in [0.05, 0.1) is 0 Å². The number of aromatic amines is 1. The fraction of sp³-hybridized carbons (Fsp3) is 0.412. The summed E-state index contributed by atoms with van der Waals surface area (Å²) < 4.78 is 0. The number of hydrogen-bond donors (Lipinski definition) is 2. The standard InChI is InChI=1S/C17H19NO/c1-10-5-11(9-19)6-15-13-3-2-4-16-17(13)12(8-18-16)7-14(10)15/h2-4,6,8,10-11,14,18-19H,5,7,9H2,1H3/t10?,11-,14-/m1/s1. The van der Waals surface area contributed by atoms with Gasteiger partial charge in [-0.15, -0.1) is 0 Å². The van der Waals surface area contributed by atoms with Crippen LogP contribution in [-0.2, 0) is 6.42 Å². The molecule has 2 N–H and O–H groups in total. The number of aliphatic hydroxyl groups is 1. The third kappa shape index (κ3) is 1.53. The highest BCUT2D eigenvalue weighted by atomic mass is 16.3. The summed E-state index contributed by atoms with van der Waals surface area (Å²) in [6.07, 6.45) is 6.76. The van der Waals surface area contributed by atoms with Crippen LogP contribution in [0.4, 0.5) is 0 Å². The van der Waals surface area contributed by atoms with Crippen LogP contribution in [0.2, 0.25) is 0 Å². The Labute approximate surface area is 113 Å². The molecule has 1 unspecified atom stereocenters. The van der Waals surface area contributed by atoms with E-state index in [1.807, 2.05) is 0 Å². The highest BCUT2D eigenvalue weighted by Crippen LogP contribution is 2.47. The number of fused-ring (bicyclic) bond motifs is 2. The largest absolute Gasteiger partial charge is 0.396 e. The Bertz CT molecular complexity index is 667. The third-order valence-corrected chi connectivity index (χ3v) is 4.95. The first-order valence-corrected chi connectivity index (χ1v) is 7.20. The van der Waals surface area contributed by atoms with Gasteiger partial charge in [0.1, 0.15) is 0 Å². The highest BCUT2D eigenvalue weighted by Gasteiger charge is 2.34. The lowest BCUT2D eigenvalue weighted by molar-refractivity contribution is 0.214. The van der Waals surface area contributed by atoms with Crippen molar-refractivity contribution in [1.82, 2.24) is 4.98 Å². The van der Waals surface area contributed by atoms with Gasteiger partial charge in [0.15, 0.2) is 0 Å². The Morgan fingerprint density at radius 1 is 1.37 bits per heavy atom. The van der Waals surface area contributed by atoms with Gasteiger partial charge in [-0.25, -0.2) is 0 Å². The number of hydrogen-bond acceptors (Lipinski definition) is 1. The van der Waals surface area contributed by atoms with Crippen molar-refractivity contribution in [3.05, 3.63) is 41.6 Å². The molecule has 0 fully saturated rings. The average Bonchev–Trinajstić information content (AvgIpc) is 2.85. The third-order valence-electron chi connectivity index (χ3n) is 4.95. The van der Waals surface area contributed by atoms with Crippen molar-refractivity contribution in [2.24, 2.45) is 17.8 Å². The Morgan fingerprint density at radius 3 is 3.11 bits per heavy atom. The van der Waals surface area contributed by atoms with E-state index >= 15 is 0 Å². The van der Waals surface area contributed by atoms with E-state index in [9.17, 15) is 5.11 Å². The fourth-order valence-electron chi connectivity index (χ4n) is 4.02. The van der Waals surface area contributed by atoms with Gasteiger partial charge in [-0.2, -0.15) is 0 Å². The van der Waals surface area contributed by atoms with Gasteiger partial charge in [0.2, 0.25) is 0 Å². The van der Waals surface area contributed by atoms with Crippen molar-refractivity contribution in [1.29, 1.82) is 0 Å². The fourth-order valence-corrected chi connectivity index (χ4v) is 4.02. The Morgan fingerprint density at radius 2 is 2.26 bits per heavy atom. The molecule has 4 rings (SSSR count). The first-order valence-electron chi connectivity index (χ1n) is 7.20. The smallest absolute Gasteiger partial charge is 0.0494 e. The number of aliphatic hydroxyl groups excluding tert-OH is 1. The normalized spacial score (nSPS) is 29.2. The van der Waals surface area contributed by atoms with E-state index in [4.69, 9.17) is 0 Å². The van der Waals surface area contributed by atoms with Crippen molar-refractivity contribution in [3.8, 4) is 0 Å². The van der Waals surface area contributed by atoms with Crippen molar-refractivity contribution < 1.29 is 5.11 Å². The van der Waals surface area contributed by atoms with Crippen LogP contribution in [0.25, 0.3) is 16.5 Å². The molecule has 2 aliphatic carbocycles. The van der Waals surface area contributed by atoms with Crippen LogP contribution < -0.4 is 0 Å². The van der Waals surface area contributed by atoms with E-state index < -0.39 is 0 Å². The second-order valence-electron chi connectivity index (χ2n) is 6.13. The molecule has 0 spiro atoms. The minimum atomic E-state index is 0.274. The first kappa shape index (κ1) is 11.3. The maximum Gasteiger partial charge on any atom is 0.0494 e. The molecule has 1 aromatic heterocycles. The Hall–Kier alpha value is -1.54. The van der Waals surface area contributed by atoms with E-state index in [1.54, 1.807) is 0 Å². The summed E-state index contributed by atoms with van der Waals surface area (Å²) in [5.41, 5.74) is 5.55. The van der Waals surface area contributed by atoms with Gasteiger partial charge in [-0.05, 0) is 47.4 Å². The predicted octanol–water partition coefficient (Wildman–Crippen LogP) is 3.37. The summed E-state index contributed by atoms with van der Waals surface area (Å²) in [6.45, 7) is 2.61. The number of allylic oxidation sites excluding steroid dienone is 1. The maximum absolute atomic E-state index is 9.50. The SMILES string of the molecule is CC1C[C@@H](CO)C=C2c3cccc4[nH]cc(c34)C[C@@H]21. The molecule has 0 bridgehead atoms. The Balaban J connectivity index is 1.97. The quantitative estimate of drug-likeness (QED) is 0.803. The summed E-state index contributed by atoms with van der Waals surface area (Å²) >= 11 is 0. The van der Waals surface area contributed by atoms with Crippen LogP contribution in [0.3, 0.4) is 0 Å². The molecule has 3 atom stereocenters. The summed E-state index contributed by atoms with van der Waals surface area (Å²) in [4.78, 5) is 3.39. The summed E-state index contributed by atoms with van der Waals surface area (Å²) in [7, 11) is 0. The molecule has 0 saturated carbocycles. The van der Waals surface area contributed by atoms with Gasteiger partial charge in [0, 0.05) is 29.6 Å². The topological polar surface area (TPSA) is 36.0 Å². The summed E-state index contributed by atoms with van der Waals surface area (Å²) in [5, 5.41) is 10.9. The van der Waals surface area contributed by atoms with Crippen molar-refractivity contribution in [2.45, 2.75) is 19.8 Å². The molecule has 2 heteroatoms. The van der Waals surface area contributed by atoms with Gasteiger partial charge < -0.3 is 10.1 Å². The predicted molar refractivity (Wildman–Crippen MR) is 77.8 cm³/mol. The molecule has 2 aromatic rings. The maximum atomic E-state index is 9.50. The monoisotopic (exact) mass is 253 g/mol. The zero-order chi connectivity index (χ0) is 13.0. The van der Waals surface area contributed by atoms with Crippen molar-refractivity contribution in [2.75, 3.05) is 6.61 Å². The first-order chi connectivity index (χ1) is 9.28. The molecule has 0 radical (unpaired) electrons. The second-order valence-corrected chi connectivity index (χ2v) is 6.13. The molecular formula is C17H19NO. The molecule has 2 aliphatic rings. The molecule has 2 nitrogen and oxygen atoms in total. The van der Waals surface area contributed by atoms with Gasteiger partial charge in [0.25, 0.3) is 0 Å². The van der Waals surface area contributed by atoms with E-state index in [0.717, 1.165) is 12.8 Å². The lowest BCUT2D eigenvalue weighted by Crippen LogP contribution is -2.27. The van der Waals surface area contributed by atoms with E-state index in [2.05, 4.69) is 42.4 Å². The number of H-pyrrole nitrogens is 1. The van der Waals surface area contributed by atoms with Crippen LogP contribution in [-0.4, -0.2) is 16.7 Å². The molecule has 1 aromatic carbocycles. The summed E-state index contributed by atoms with van der Waals surface area (Å²) in [6, 6.07) is 6.53. The summed E-state index contributed by atoms with van der Waals surface area (Å²) in [5.74, 6) is 1.60. The zero-order valence-electron chi connectivity index (χ0n) is 11.2. The van der Waals surface area contributed by atoms with Gasteiger partial charge in [-0.3, -0.25) is 0 Å². The van der Waals surface area contributed by atoms with Crippen molar-refractivity contribution >= 4 is 16.5 Å². The van der Waals surface area contributed by atoms with Crippen LogP contribution in [0.15, 0.2) is 30.5 Å².